The molecular formula is C17H26N2O2. The van der Waals surface area contributed by atoms with Gasteiger partial charge in [-0.3, -0.25) is 4.79 Å². The van der Waals surface area contributed by atoms with Gasteiger partial charge in [-0.15, -0.1) is 0 Å². The summed E-state index contributed by atoms with van der Waals surface area (Å²) in [6.07, 6.45) is 2.06. The minimum Gasteiger partial charge on any atom is -0.494 e. The molecule has 4 heteroatoms. The third kappa shape index (κ3) is 4.46. The van der Waals surface area contributed by atoms with Crippen molar-refractivity contribution in [3.63, 3.8) is 0 Å². The van der Waals surface area contributed by atoms with Gasteiger partial charge in [-0.05, 0) is 44.4 Å². The summed E-state index contributed by atoms with van der Waals surface area (Å²) in [5.41, 5.74) is 1.27. The van der Waals surface area contributed by atoms with E-state index in [9.17, 15) is 4.79 Å². The number of piperidine rings is 1. The molecule has 0 aromatic heterocycles. The summed E-state index contributed by atoms with van der Waals surface area (Å²) < 4.78 is 5.47. The number of carbonyl (C=O) groups excluding carboxylic acids is 1. The minimum atomic E-state index is 0.188. The third-order valence-corrected chi connectivity index (χ3v) is 4.12. The van der Waals surface area contributed by atoms with Crippen molar-refractivity contribution in [1.29, 1.82) is 0 Å². The topological polar surface area (TPSA) is 41.6 Å². The van der Waals surface area contributed by atoms with Gasteiger partial charge in [0.2, 0.25) is 5.91 Å². The lowest BCUT2D eigenvalue weighted by molar-refractivity contribution is -0.129. The maximum Gasteiger partial charge on any atom is 0.219 e. The predicted octanol–water partition coefficient (Wildman–Crippen LogP) is 2.75. The molecule has 1 amide bonds. The maximum atomic E-state index is 11.3. The van der Waals surface area contributed by atoms with Gasteiger partial charge in [0.15, 0.2) is 0 Å². The first kappa shape index (κ1) is 15.8. The molecule has 1 unspecified atom stereocenters. The van der Waals surface area contributed by atoms with Crippen LogP contribution in [0, 0.1) is 0 Å². The second-order valence-corrected chi connectivity index (χ2v) is 5.67. The Balaban J connectivity index is 1.84. The molecular weight excluding hydrogens is 264 g/mol. The Hall–Kier alpha value is -1.55. The molecule has 2 rings (SSSR count). The van der Waals surface area contributed by atoms with Crippen molar-refractivity contribution in [2.75, 3.05) is 19.7 Å². The van der Waals surface area contributed by atoms with E-state index in [0.29, 0.717) is 18.7 Å². The Morgan fingerprint density at radius 3 is 2.48 bits per heavy atom. The number of ether oxygens (including phenoxy) is 1. The van der Waals surface area contributed by atoms with Gasteiger partial charge in [0.05, 0.1) is 6.61 Å². The van der Waals surface area contributed by atoms with Crippen LogP contribution in [0.25, 0.3) is 0 Å². The summed E-state index contributed by atoms with van der Waals surface area (Å²) in [6, 6.07) is 9.09. The van der Waals surface area contributed by atoms with Crippen LogP contribution in [0.15, 0.2) is 24.3 Å². The van der Waals surface area contributed by atoms with Gasteiger partial charge in [0.25, 0.3) is 0 Å². The first-order valence-corrected chi connectivity index (χ1v) is 7.84. The number of hydrogen-bond acceptors (Lipinski definition) is 3. The van der Waals surface area contributed by atoms with Crippen LogP contribution in [-0.4, -0.2) is 36.5 Å². The van der Waals surface area contributed by atoms with Gasteiger partial charge in [0.1, 0.15) is 5.75 Å². The summed E-state index contributed by atoms with van der Waals surface area (Å²) in [5.74, 6) is 1.11. The van der Waals surface area contributed by atoms with Gasteiger partial charge in [-0.1, -0.05) is 12.1 Å². The Morgan fingerprint density at radius 2 is 1.95 bits per heavy atom. The van der Waals surface area contributed by atoms with E-state index in [4.69, 9.17) is 4.74 Å². The fraction of sp³-hybridized carbons (Fsp3) is 0.588. The first-order chi connectivity index (χ1) is 10.1. The van der Waals surface area contributed by atoms with Crippen molar-refractivity contribution in [2.24, 2.45) is 0 Å². The lowest BCUT2D eigenvalue weighted by atomic mass is 10.0. The highest BCUT2D eigenvalue weighted by atomic mass is 16.5. The molecule has 1 saturated heterocycles. The average Bonchev–Trinajstić information content (AvgIpc) is 2.49. The number of nitrogens with one attached hydrogen (secondary N) is 1. The summed E-state index contributed by atoms with van der Waals surface area (Å²) in [5, 5.41) is 3.67. The first-order valence-electron chi connectivity index (χ1n) is 7.84. The van der Waals surface area contributed by atoms with Crippen LogP contribution in [0.3, 0.4) is 0 Å². The molecule has 0 aliphatic carbocycles. The molecule has 1 fully saturated rings. The van der Waals surface area contributed by atoms with Crippen molar-refractivity contribution >= 4 is 5.91 Å². The van der Waals surface area contributed by atoms with Gasteiger partial charge in [-0.25, -0.2) is 0 Å². The van der Waals surface area contributed by atoms with E-state index in [1.54, 1.807) is 6.92 Å². The molecule has 1 aromatic carbocycles. The Morgan fingerprint density at radius 1 is 1.33 bits per heavy atom. The van der Waals surface area contributed by atoms with Crippen molar-refractivity contribution in [3.8, 4) is 5.75 Å². The van der Waals surface area contributed by atoms with Crippen LogP contribution in [0.4, 0.5) is 0 Å². The van der Waals surface area contributed by atoms with Gasteiger partial charge >= 0.3 is 0 Å². The molecule has 0 spiro atoms. The molecule has 1 heterocycles. The Labute approximate surface area is 127 Å². The Bertz CT molecular complexity index is 450. The number of likely N-dealkylation sites (tertiary alicyclic amines) is 1. The minimum absolute atomic E-state index is 0.188. The quantitative estimate of drug-likeness (QED) is 0.906. The molecule has 4 nitrogen and oxygen atoms in total. The monoisotopic (exact) mass is 290 g/mol. The molecule has 0 radical (unpaired) electrons. The molecule has 116 valence electrons. The number of carbonyl (C=O) groups is 1. The van der Waals surface area contributed by atoms with E-state index < -0.39 is 0 Å². The van der Waals surface area contributed by atoms with Crippen LogP contribution in [0.2, 0.25) is 0 Å². The maximum absolute atomic E-state index is 11.3. The van der Waals surface area contributed by atoms with Crippen molar-refractivity contribution in [1.82, 2.24) is 10.2 Å². The van der Waals surface area contributed by atoms with Crippen LogP contribution in [0.1, 0.15) is 45.2 Å². The molecule has 1 N–H and O–H groups in total. The van der Waals surface area contributed by atoms with Gasteiger partial charge in [-0.2, -0.15) is 0 Å². The number of nitrogens with zero attached hydrogens (tertiary/aromatic N) is 1. The molecule has 21 heavy (non-hydrogen) atoms. The van der Waals surface area contributed by atoms with Gasteiger partial charge < -0.3 is 15.0 Å². The van der Waals surface area contributed by atoms with E-state index in [2.05, 4.69) is 24.4 Å². The second kappa shape index (κ2) is 7.46. The summed E-state index contributed by atoms with van der Waals surface area (Å²) in [4.78, 5) is 13.3. The SMILES string of the molecule is CCOc1ccc(C(C)NC2CCN(C(C)=O)CC2)cc1. The highest BCUT2D eigenvalue weighted by Crippen LogP contribution is 2.20. The summed E-state index contributed by atoms with van der Waals surface area (Å²) >= 11 is 0. The van der Waals surface area contributed by atoms with Crippen LogP contribution >= 0.6 is 0 Å². The van der Waals surface area contributed by atoms with Crippen LogP contribution in [-0.2, 0) is 4.79 Å². The highest BCUT2D eigenvalue weighted by molar-refractivity contribution is 5.73. The molecule has 1 aliphatic rings. The summed E-state index contributed by atoms with van der Waals surface area (Å²) in [6.45, 7) is 8.25. The van der Waals surface area contributed by atoms with Crippen LogP contribution in [0.5, 0.6) is 5.75 Å². The fourth-order valence-corrected chi connectivity index (χ4v) is 2.83. The zero-order valence-electron chi connectivity index (χ0n) is 13.3. The zero-order valence-corrected chi connectivity index (χ0v) is 13.3. The van der Waals surface area contributed by atoms with E-state index in [1.807, 2.05) is 24.0 Å². The van der Waals surface area contributed by atoms with Gasteiger partial charge in [0, 0.05) is 32.1 Å². The standard InChI is InChI=1S/C17H26N2O2/c1-4-21-17-7-5-15(6-8-17)13(2)18-16-9-11-19(12-10-16)14(3)20/h5-8,13,16,18H,4,9-12H2,1-3H3. The predicted molar refractivity (Wildman–Crippen MR) is 84.4 cm³/mol. The van der Waals surface area contributed by atoms with E-state index in [1.165, 1.54) is 5.56 Å². The molecule has 1 atom stereocenters. The largest absolute Gasteiger partial charge is 0.494 e. The molecule has 0 bridgehead atoms. The van der Waals surface area contributed by atoms with Crippen molar-refractivity contribution < 1.29 is 9.53 Å². The third-order valence-electron chi connectivity index (χ3n) is 4.12. The van der Waals surface area contributed by atoms with E-state index >= 15 is 0 Å². The second-order valence-electron chi connectivity index (χ2n) is 5.67. The number of amides is 1. The lowest BCUT2D eigenvalue weighted by Crippen LogP contribution is -2.44. The molecule has 1 aromatic rings. The fourth-order valence-electron chi connectivity index (χ4n) is 2.83. The highest BCUT2D eigenvalue weighted by Gasteiger charge is 2.21. The Kier molecular flexibility index (Phi) is 5.62. The van der Waals surface area contributed by atoms with Crippen molar-refractivity contribution in [2.45, 2.75) is 45.7 Å². The molecule has 0 saturated carbocycles. The lowest BCUT2D eigenvalue weighted by Gasteiger charge is -2.33. The summed E-state index contributed by atoms with van der Waals surface area (Å²) in [7, 11) is 0. The van der Waals surface area contributed by atoms with Crippen molar-refractivity contribution in [3.05, 3.63) is 29.8 Å². The number of hydrogen-bond donors (Lipinski definition) is 1. The average molecular weight is 290 g/mol. The molecule has 1 aliphatic heterocycles. The van der Waals surface area contributed by atoms with E-state index in [-0.39, 0.29) is 5.91 Å². The van der Waals surface area contributed by atoms with Crippen LogP contribution < -0.4 is 10.1 Å². The smallest absolute Gasteiger partial charge is 0.219 e. The number of rotatable bonds is 5. The zero-order chi connectivity index (χ0) is 15.2. The number of benzene rings is 1. The van der Waals surface area contributed by atoms with E-state index in [0.717, 1.165) is 31.7 Å². The normalized spacial score (nSPS) is 17.6.